The molecular formula is C18H23Cl2N7. The fourth-order valence-corrected chi connectivity index (χ4v) is 3.11. The molecule has 9 heteroatoms. The summed E-state index contributed by atoms with van der Waals surface area (Å²) in [6.07, 6.45) is 5.61. The third-order valence-electron chi connectivity index (χ3n) is 4.51. The molecule has 0 spiro atoms. The van der Waals surface area contributed by atoms with E-state index in [0.717, 1.165) is 35.6 Å². The molecule has 2 heterocycles. The molecule has 0 atom stereocenters. The van der Waals surface area contributed by atoms with Crippen LogP contribution < -0.4 is 16.8 Å². The summed E-state index contributed by atoms with van der Waals surface area (Å²) < 4.78 is 1.84. The molecule has 0 aliphatic heterocycles. The highest BCUT2D eigenvalue weighted by molar-refractivity contribution is 5.85. The monoisotopic (exact) mass is 407 g/mol. The minimum Gasteiger partial charge on any atom is -0.368 e. The lowest BCUT2D eigenvalue weighted by Gasteiger charge is -2.32. The van der Waals surface area contributed by atoms with Crippen LogP contribution in [0.2, 0.25) is 0 Å². The number of aromatic nitrogens is 4. The number of rotatable bonds is 5. The van der Waals surface area contributed by atoms with E-state index in [1.165, 1.54) is 0 Å². The van der Waals surface area contributed by atoms with Crippen molar-refractivity contribution in [1.82, 2.24) is 19.7 Å². The van der Waals surface area contributed by atoms with Gasteiger partial charge in [-0.3, -0.25) is 0 Å². The van der Waals surface area contributed by atoms with Crippen LogP contribution in [0.25, 0.3) is 5.69 Å². The molecule has 3 aromatic rings. The SMILES string of the molecule is Cl.Cl.Nc1nc(NCc2cccc(-n3cccn3)c2)cc(C2CC(N)C2)n1. The van der Waals surface area contributed by atoms with Crippen molar-refractivity contribution in [2.24, 2.45) is 5.73 Å². The first-order chi connectivity index (χ1) is 12.2. The highest BCUT2D eigenvalue weighted by Gasteiger charge is 2.29. The van der Waals surface area contributed by atoms with E-state index < -0.39 is 0 Å². The van der Waals surface area contributed by atoms with Crippen LogP contribution in [-0.4, -0.2) is 25.8 Å². The molecule has 4 rings (SSSR count). The van der Waals surface area contributed by atoms with Crippen LogP contribution in [0, 0.1) is 0 Å². The van der Waals surface area contributed by atoms with Crippen molar-refractivity contribution in [2.45, 2.75) is 31.3 Å². The lowest BCUT2D eigenvalue weighted by Crippen LogP contribution is -2.35. The van der Waals surface area contributed by atoms with Gasteiger partial charge in [0.25, 0.3) is 0 Å². The molecule has 0 unspecified atom stereocenters. The Hall–Kier alpha value is -2.35. The van der Waals surface area contributed by atoms with Crippen molar-refractivity contribution in [1.29, 1.82) is 0 Å². The van der Waals surface area contributed by atoms with Gasteiger partial charge in [0.2, 0.25) is 5.95 Å². The van der Waals surface area contributed by atoms with E-state index in [9.17, 15) is 0 Å². The zero-order valence-electron chi connectivity index (χ0n) is 14.7. The number of anilines is 2. The first-order valence-electron chi connectivity index (χ1n) is 8.40. The Kier molecular flexibility index (Phi) is 7.01. The summed E-state index contributed by atoms with van der Waals surface area (Å²) in [4.78, 5) is 8.64. The van der Waals surface area contributed by atoms with Gasteiger partial charge in [-0.1, -0.05) is 12.1 Å². The maximum Gasteiger partial charge on any atom is 0.222 e. The van der Waals surface area contributed by atoms with Gasteiger partial charge >= 0.3 is 0 Å². The summed E-state index contributed by atoms with van der Waals surface area (Å²) in [6.45, 7) is 0.648. The van der Waals surface area contributed by atoms with Gasteiger partial charge in [-0.2, -0.15) is 10.1 Å². The second-order valence-corrected chi connectivity index (χ2v) is 6.44. The Labute approximate surface area is 170 Å². The molecule has 2 aromatic heterocycles. The van der Waals surface area contributed by atoms with Crippen molar-refractivity contribution in [3.8, 4) is 5.69 Å². The normalized spacial score (nSPS) is 18.0. The largest absolute Gasteiger partial charge is 0.368 e. The predicted molar refractivity (Wildman–Crippen MR) is 112 cm³/mol. The zero-order valence-corrected chi connectivity index (χ0v) is 16.3. The molecule has 1 aromatic carbocycles. The molecule has 1 aliphatic carbocycles. The van der Waals surface area contributed by atoms with Crippen molar-refractivity contribution in [2.75, 3.05) is 11.1 Å². The van der Waals surface area contributed by atoms with Crippen LogP contribution in [0.5, 0.6) is 0 Å². The molecule has 1 aliphatic rings. The van der Waals surface area contributed by atoms with Crippen molar-refractivity contribution in [3.63, 3.8) is 0 Å². The number of hydrogen-bond donors (Lipinski definition) is 3. The number of nitrogens with two attached hydrogens (primary N) is 2. The minimum atomic E-state index is 0. The van der Waals surface area contributed by atoms with Gasteiger partial charge in [0.05, 0.1) is 11.4 Å². The van der Waals surface area contributed by atoms with Gasteiger partial charge in [0.1, 0.15) is 5.82 Å². The molecule has 0 saturated heterocycles. The molecule has 0 bridgehead atoms. The Morgan fingerprint density at radius 2 is 1.93 bits per heavy atom. The van der Waals surface area contributed by atoms with Gasteiger partial charge in [0, 0.05) is 37.0 Å². The van der Waals surface area contributed by atoms with Crippen molar-refractivity contribution in [3.05, 3.63) is 60.0 Å². The first kappa shape index (κ1) is 21.0. The predicted octanol–water partition coefficient (Wildman–Crippen LogP) is 2.90. The fourth-order valence-electron chi connectivity index (χ4n) is 3.11. The smallest absolute Gasteiger partial charge is 0.222 e. The van der Waals surface area contributed by atoms with Crippen molar-refractivity contribution >= 4 is 36.6 Å². The van der Waals surface area contributed by atoms with Gasteiger partial charge in [-0.15, -0.1) is 24.8 Å². The summed E-state index contributed by atoms with van der Waals surface area (Å²) in [5.74, 6) is 1.43. The number of hydrogen-bond acceptors (Lipinski definition) is 6. The number of halogens is 2. The minimum absolute atomic E-state index is 0. The van der Waals surface area contributed by atoms with Crippen LogP contribution >= 0.6 is 24.8 Å². The summed E-state index contributed by atoms with van der Waals surface area (Å²) >= 11 is 0. The maximum absolute atomic E-state index is 5.87. The summed E-state index contributed by atoms with van der Waals surface area (Å²) in [6, 6.07) is 12.4. The van der Waals surface area contributed by atoms with Gasteiger partial charge < -0.3 is 16.8 Å². The Bertz CT molecular complexity index is 864. The molecule has 7 nitrogen and oxygen atoms in total. The van der Waals surface area contributed by atoms with E-state index in [-0.39, 0.29) is 30.9 Å². The van der Waals surface area contributed by atoms with E-state index in [1.54, 1.807) is 6.20 Å². The Balaban J connectivity index is 0.00000131. The number of nitrogens with zero attached hydrogens (tertiary/aromatic N) is 4. The third kappa shape index (κ3) is 4.88. The highest BCUT2D eigenvalue weighted by atomic mass is 35.5. The van der Waals surface area contributed by atoms with E-state index in [1.807, 2.05) is 35.1 Å². The van der Waals surface area contributed by atoms with Gasteiger partial charge in [0.15, 0.2) is 0 Å². The average Bonchev–Trinajstić information content (AvgIpc) is 3.12. The Morgan fingerprint density at radius 1 is 1.11 bits per heavy atom. The maximum atomic E-state index is 5.87. The van der Waals surface area contributed by atoms with Gasteiger partial charge in [-0.25, -0.2) is 9.67 Å². The van der Waals surface area contributed by atoms with Crippen LogP contribution in [0.3, 0.4) is 0 Å². The second kappa shape index (κ2) is 9.03. The number of benzene rings is 1. The second-order valence-electron chi connectivity index (χ2n) is 6.44. The molecule has 5 N–H and O–H groups in total. The third-order valence-corrected chi connectivity index (χ3v) is 4.51. The first-order valence-corrected chi connectivity index (χ1v) is 8.40. The topological polar surface area (TPSA) is 108 Å². The summed E-state index contributed by atoms with van der Waals surface area (Å²) in [5, 5.41) is 7.60. The quantitative estimate of drug-likeness (QED) is 0.599. The van der Waals surface area contributed by atoms with E-state index in [0.29, 0.717) is 18.4 Å². The summed E-state index contributed by atoms with van der Waals surface area (Å²) in [5.41, 5.74) is 14.9. The average molecular weight is 408 g/mol. The fraction of sp³-hybridized carbons (Fsp3) is 0.278. The molecule has 1 saturated carbocycles. The van der Waals surface area contributed by atoms with Crippen LogP contribution in [0.4, 0.5) is 11.8 Å². The van der Waals surface area contributed by atoms with E-state index in [4.69, 9.17) is 11.5 Å². The lowest BCUT2D eigenvalue weighted by molar-refractivity contribution is 0.345. The van der Waals surface area contributed by atoms with Crippen LogP contribution in [-0.2, 0) is 6.54 Å². The molecule has 0 radical (unpaired) electrons. The van der Waals surface area contributed by atoms with Crippen LogP contribution in [0.15, 0.2) is 48.8 Å². The molecule has 1 fully saturated rings. The summed E-state index contributed by atoms with van der Waals surface area (Å²) in [7, 11) is 0. The van der Waals surface area contributed by atoms with Crippen LogP contribution in [0.1, 0.15) is 30.0 Å². The van der Waals surface area contributed by atoms with E-state index >= 15 is 0 Å². The standard InChI is InChI=1S/C18H21N7.2ClH/c19-14-8-13(9-14)16-10-17(24-18(20)23-16)21-11-12-3-1-4-15(7-12)25-6-2-5-22-25;;/h1-7,10,13-14H,8-9,11,19H2,(H3,20,21,23,24);2*1H. The van der Waals surface area contributed by atoms with Crippen molar-refractivity contribution < 1.29 is 0 Å². The lowest BCUT2D eigenvalue weighted by atomic mass is 9.78. The molecule has 27 heavy (non-hydrogen) atoms. The molecular weight excluding hydrogens is 385 g/mol. The molecule has 144 valence electrons. The number of nitrogen functional groups attached to an aromatic ring is 1. The zero-order chi connectivity index (χ0) is 17.2. The highest BCUT2D eigenvalue weighted by Crippen LogP contribution is 2.35. The number of nitrogens with one attached hydrogen (secondary N) is 1. The molecule has 0 amide bonds. The Morgan fingerprint density at radius 3 is 2.63 bits per heavy atom. The van der Waals surface area contributed by atoms with E-state index in [2.05, 4.69) is 32.5 Å². The van der Waals surface area contributed by atoms with Gasteiger partial charge in [-0.05, 0) is 36.6 Å².